The van der Waals surface area contributed by atoms with Crippen LogP contribution in [0.1, 0.15) is 11.1 Å². The summed E-state index contributed by atoms with van der Waals surface area (Å²) in [7, 11) is 0. The van der Waals surface area contributed by atoms with Crippen molar-refractivity contribution in [1.29, 1.82) is 0 Å². The third kappa shape index (κ3) is 4.31. The Morgan fingerprint density at radius 1 is 1.04 bits per heavy atom. The van der Waals surface area contributed by atoms with E-state index >= 15 is 0 Å². The summed E-state index contributed by atoms with van der Waals surface area (Å²) in [5.41, 5.74) is 3.40. The average Bonchev–Trinajstić information content (AvgIpc) is 2.72. The van der Waals surface area contributed by atoms with E-state index in [9.17, 15) is 4.79 Å². The highest BCUT2D eigenvalue weighted by Gasteiger charge is 2.21. The molecule has 5 heteroatoms. The zero-order valence-electron chi connectivity index (χ0n) is 16.2. The van der Waals surface area contributed by atoms with Gasteiger partial charge in [-0.1, -0.05) is 48.0 Å². The molecule has 1 saturated heterocycles. The number of amides is 1. The summed E-state index contributed by atoms with van der Waals surface area (Å²) in [6.07, 6.45) is 1.74. The molecular formula is C23H25N3O2. The van der Waals surface area contributed by atoms with E-state index in [0.29, 0.717) is 5.75 Å². The highest BCUT2D eigenvalue weighted by Crippen LogP contribution is 2.23. The fourth-order valence-electron chi connectivity index (χ4n) is 3.65. The van der Waals surface area contributed by atoms with Crippen molar-refractivity contribution >= 4 is 16.8 Å². The predicted octanol–water partition coefficient (Wildman–Crippen LogP) is 3.27. The van der Waals surface area contributed by atoms with E-state index in [1.807, 2.05) is 35.2 Å². The van der Waals surface area contributed by atoms with Gasteiger partial charge < -0.3 is 9.64 Å². The largest absolute Gasteiger partial charge is 0.481 e. The van der Waals surface area contributed by atoms with Gasteiger partial charge in [-0.3, -0.25) is 14.7 Å². The lowest BCUT2D eigenvalue weighted by Gasteiger charge is -2.34. The number of aryl methyl sites for hydroxylation is 1. The van der Waals surface area contributed by atoms with Crippen molar-refractivity contribution in [2.45, 2.75) is 13.5 Å². The van der Waals surface area contributed by atoms with Crippen LogP contribution in [-0.4, -0.2) is 53.5 Å². The number of benzene rings is 2. The maximum Gasteiger partial charge on any atom is 0.260 e. The van der Waals surface area contributed by atoms with Gasteiger partial charge in [0.05, 0.1) is 0 Å². The molecule has 0 bridgehead atoms. The summed E-state index contributed by atoms with van der Waals surface area (Å²) < 4.78 is 5.80. The number of para-hydroxylation sites is 1. The van der Waals surface area contributed by atoms with Crippen molar-refractivity contribution in [3.05, 3.63) is 71.9 Å². The maximum absolute atomic E-state index is 12.6. The number of nitrogens with zero attached hydrogens (tertiary/aromatic N) is 3. The SMILES string of the molecule is Cc1cccc(CN2CCN(C(=O)COc3cccc4cccnc34)CC2)c1. The predicted molar refractivity (Wildman–Crippen MR) is 110 cm³/mol. The number of hydrogen-bond acceptors (Lipinski definition) is 4. The van der Waals surface area contributed by atoms with Gasteiger partial charge in [0.25, 0.3) is 5.91 Å². The molecule has 2 aromatic carbocycles. The van der Waals surface area contributed by atoms with Crippen molar-refractivity contribution in [2.75, 3.05) is 32.8 Å². The van der Waals surface area contributed by atoms with E-state index in [4.69, 9.17) is 4.74 Å². The molecule has 3 aromatic rings. The van der Waals surface area contributed by atoms with Gasteiger partial charge in [-0.05, 0) is 24.6 Å². The molecule has 5 nitrogen and oxygen atoms in total. The molecule has 0 aliphatic carbocycles. The lowest BCUT2D eigenvalue weighted by molar-refractivity contribution is -0.135. The van der Waals surface area contributed by atoms with Crippen LogP contribution in [-0.2, 0) is 11.3 Å². The van der Waals surface area contributed by atoms with Crippen molar-refractivity contribution in [1.82, 2.24) is 14.8 Å². The van der Waals surface area contributed by atoms with Crippen LogP contribution in [0.4, 0.5) is 0 Å². The van der Waals surface area contributed by atoms with E-state index in [0.717, 1.165) is 43.6 Å². The van der Waals surface area contributed by atoms with E-state index in [-0.39, 0.29) is 12.5 Å². The smallest absolute Gasteiger partial charge is 0.260 e. The molecule has 1 fully saturated rings. The first-order chi connectivity index (χ1) is 13.7. The first-order valence-corrected chi connectivity index (χ1v) is 9.71. The van der Waals surface area contributed by atoms with Gasteiger partial charge >= 0.3 is 0 Å². The molecule has 0 unspecified atom stereocenters. The minimum absolute atomic E-state index is 0.0307. The van der Waals surface area contributed by atoms with Gasteiger partial charge in [0, 0.05) is 44.3 Å². The molecule has 0 radical (unpaired) electrons. The number of pyridine rings is 1. The molecule has 1 aliphatic heterocycles. The van der Waals surface area contributed by atoms with E-state index in [1.165, 1.54) is 11.1 Å². The number of hydrogen-bond donors (Lipinski definition) is 0. The quantitative estimate of drug-likeness (QED) is 0.687. The third-order valence-electron chi connectivity index (χ3n) is 5.16. The number of piperazine rings is 1. The van der Waals surface area contributed by atoms with Crippen LogP contribution >= 0.6 is 0 Å². The Hall–Kier alpha value is -2.92. The summed E-state index contributed by atoms with van der Waals surface area (Å²) >= 11 is 0. The molecule has 4 rings (SSSR count). The summed E-state index contributed by atoms with van der Waals surface area (Å²) in [6, 6.07) is 18.3. The molecule has 0 atom stereocenters. The molecule has 0 spiro atoms. The average molecular weight is 375 g/mol. The zero-order valence-corrected chi connectivity index (χ0v) is 16.2. The molecule has 144 valence electrons. The second kappa shape index (κ2) is 8.40. The Kier molecular flexibility index (Phi) is 5.53. The maximum atomic E-state index is 12.6. The van der Waals surface area contributed by atoms with Gasteiger partial charge in [-0.25, -0.2) is 0 Å². The van der Waals surface area contributed by atoms with Crippen LogP contribution < -0.4 is 4.74 Å². The Balaban J connectivity index is 1.29. The van der Waals surface area contributed by atoms with Gasteiger partial charge in [-0.15, -0.1) is 0 Å². The Morgan fingerprint density at radius 3 is 2.64 bits per heavy atom. The Morgan fingerprint density at radius 2 is 1.82 bits per heavy atom. The van der Waals surface area contributed by atoms with Crippen LogP contribution in [0.25, 0.3) is 10.9 Å². The number of ether oxygens (including phenoxy) is 1. The second-order valence-corrected chi connectivity index (χ2v) is 7.27. The van der Waals surface area contributed by atoms with Crippen LogP contribution in [0.5, 0.6) is 5.75 Å². The topological polar surface area (TPSA) is 45.7 Å². The fraction of sp³-hybridized carbons (Fsp3) is 0.304. The summed E-state index contributed by atoms with van der Waals surface area (Å²) in [5.74, 6) is 0.688. The van der Waals surface area contributed by atoms with Crippen molar-refractivity contribution in [3.63, 3.8) is 0 Å². The van der Waals surface area contributed by atoms with Gasteiger partial charge in [0.2, 0.25) is 0 Å². The summed E-state index contributed by atoms with van der Waals surface area (Å²) in [6.45, 7) is 6.34. The number of aromatic nitrogens is 1. The molecule has 0 saturated carbocycles. The first kappa shape index (κ1) is 18.4. The standard InChI is InChI=1S/C23H25N3O2/c1-18-5-2-6-19(15-18)16-25-11-13-26(14-12-25)22(27)17-28-21-9-3-7-20-8-4-10-24-23(20)21/h2-10,15H,11-14,16-17H2,1H3. The number of carbonyl (C=O) groups excluding carboxylic acids is 1. The van der Waals surface area contributed by atoms with Crippen molar-refractivity contribution in [3.8, 4) is 5.75 Å². The van der Waals surface area contributed by atoms with Crippen molar-refractivity contribution < 1.29 is 9.53 Å². The normalized spacial score (nSPS) is 15.0. The van der Waals surface area contributed by atoms with Gasteiger partial charge in [0.15, 0.2) is 6.61 Å². The van der Waals surface area contributed by atoms with E-state index < -0.39 is 0 Å². The summed E-state index contributed by atoms with van der Waals surface area (Å²) in [5, 5.41) is 1.01. The van der Waals surface area contributed by atoms with Crippen LogP contribution in [0.15, 0.2) is 60.8 Å². The van der Waals surface area contributed by atoms with Gasteiger partial charge in [0.1, 0.15) is 11.3 Å². The molecule has 1 aliphatic rings. The van der Waals surface area contributed by atoms with Crippen LogP contribution in [0.3, 0.4) is 0 Å². The Labute approximate surface area is 165 Å². The van der Waals surface area contributed by atoms with Crippen LogP contribution in [0, 0.1) is 6.92 Å². The third-order valence-corrected chi connectivity index (χ3v) is 5.16. The minimum atomic E-state index is 0.0307. The lowest BCUT2D eigenvalue weighted by atomic mass is 10.1. The molecule has 2 heterocycles. The highest BCUT2D eigenvalue weighted by molar-refractivity contribution is 5.85. The molecule has 28 heavy (non-hydrogen) atoms. The van der Waals surface area contributed by atoms with E-state index in [1.54, 1.807) is 6.20 Å². The lowest BCUT2D eigenvalue weighted by Crippen LogP contribution is -2.49. The minimum Gasteiger partial charge on any atom is -0.481 e. The number of fused-ring (bicyclic) bond motifs is 1. The summed E-state index contributed by atoms with van der Waals surface area (Å²) in [4.78, 5) is 21.2. The molecular weight excluding hydrogens is 350 g/mol. The molecule has 1 amide bonds. The van der Waals surface area contributed by atoms with Crippen molar-refractivity contribution in [2.24, 2.45) is 0 Å². The second-order valence-electron chi connectivity index (χ2n) is 7.27. The highest BCUT2D eigenvalue weighted by atomic mass is 16.5. The Bertz CT molecular complexity index is 959. The first-order valence-electron chi connectivity index (χ1n) is 9.71. The van der Waals surface area contributed by atoms with Crippen LogP contribution in [0.2, 0.25) is 0 Å². The zero-order chi connectivity index (χ0) is 19.3. The monoisotopic (exact) mass is 375 g/mol. The van der Waals surface area contributed by atoms with E-state index in [2.05, 4.69) is 41.1 Å². The van der Waals surface area contributed by atoms with Gasteiger partial charge in [-0.2, -0.15) is 0 Å². The number of carbonyl (C=O) groups is 1. The fourth-order valence-corrected chi connectivity index (χ4v) is 3.65. The number of rotatable bonds is 5. The molecule has 0 N–H and O–H groups in total. The molecule has 1 aromatic heterocycles.